The molecule has 0 amide bonds. The van der Waals surface area contributed by atoms with E-state index in [-0.39, 0.29) is 11.9 Å². The third-order valence-corrected chi connectivity index (χ3v) is 2.90. The highest BCUT2D eigenvalue weighted by molar-refractivity contribution is 5.79. The Morgan fingerprint density at radius 2 is 2.14 bits per heavy atom. The van der Waals surface area contributed by atoms with Crippen LogP contribution in [-0.4, -0.2) is 13.1 Å². The first-order chi connectivity index (χ1) is 6.55. The van der Waals surface area contributed by atoms with E-state index in [1.165, 1.54) is 7.11 Å². The summed E-state index contributed by atoms with van der Waals surface area (Å²) >= 11 is 0. The van der Waals surface area contributed by atoms with Crippen molar-refractivity contribution in [1.82, 2.24) is 0 Å². The van der Waals surface area contributed by atoms with Crippen LogP contribution in [0.3, 0.4) is 0 Å². The Bertz CT molecular complexity index is 196. The first kappa shape index (κ1) is 13.2. The fraction of sp³-hybridized carbons (Fsp3) is 0.750. The average Bonchev–Trinajstić information content (AvgIpc) is 2.18. The smallest absolute Gasteiger partial charge is 0.315 e. The molecule has 1 atom stereocenters. The van der Waals surface area contributed by atoms with Gasteiger partial charge < -0.3 is 4.74 Å². The molecule has 0 aliphatic rings. The molecule has 0 radical (unpaired) electrons. The molecule has 0 N–H and O–H groups in total. The Morgan fingerprint density at radius 1 is 1.57 bits per heavy atom. The quantitative estimate of drug-likeness (QED) is 0.484. The van der Waals surface area contributed by atoms with Gasteiger partial charge in [0.15, 0.2) is 0 Å². The molecule has 0 unspecified atom stereocenters. The van der Waals surface area contributed by atoms with Crippen molar-refractivity contribution >= 4 is 5.97 Å². The Labute approximate surface area is 87.3 Å². The lowest BCUT2D eigenvalue weighted by Gasteiger charge is -2.31. The molecule has 0 aromatic rings. The van der Waals surface area contributed by atoms with Gasteiger partial charge >= 0.3 is 5.97 Å². The second-order valence-corrected chi connectivity index (χ2v) is 3.99. The summed E-state index contributed by atoms with van der Waals surface area (Å²) in [6, 6.07) is 0. The SMILES string of the molecule is C=C[C@@](CCCC)(C(=O)OC)C(C)C. The van der Waals surface area contributed by atoms with Crippen molar-refractivity contribution in [1.29, 1.82) is 0 Å². The third kappa shape index (κ3) is 2.60. The van der Waals surface area contributed by atoms with Gasteiger partial charge in [0.25, 0.3) is 0 Å². The van der Waals surface area contributed by atoms with Crippen molar-refractivity contribution in [2.24, 2.45) is 11.3 Å². The number of ether oxygens (including phenoxy) is 1. The van der Waals surface area contributed by atoms with Gasteiger partial charge in [-0.1, -0.05) is 39.7 Å². The van der Waals surface area contributed by atoms with Gasteiger partial charge in [0, 0.05) is 0 Å². The van der Waals surface area contributed by atoms with Gasteiger partial charge in [0.05, 0.1) is 12.5 Å². The number of rotatable bonds is 6. The Hall–Kier alpha value is -0.790. The number of methoxy groups -OCH3 is 1. The van der Waals surface area contributed by atoms with E-state index in [1.54, 1.807) is 6.08 Å². The minimum Gasteiger partial charge on any atom is -0.468 e. The van der Waals surface area contributed by atoms with Crippen molar-refractivity contribution in [3.63, 3.8) is 0 Å². The maximum atomic E-state index is 11.7. The topological polar surface area (TPSA) is 26.3 Å². The zero-order valence-corrected chi connectivity index (χ0v) is 9.80. The predicted molar refractivity (Wildman–Crippen MR) is 59.0 cm³/mol. The summed E-state index contributed by atoms with van der Waals surface area (Å²) in [6.07, 6.45) is 4.69. The van der Waals surface area contributed by atoms with Crippen LogP contribution in [0.2, 0.25) is 0 Å². The van der Waals surface area contributed by atoms with Gasteiger partial charge in [-0.3, -0.25) is 4.79 Å². The lowest BCUT2D eigenvalue weighted by Crippen LogP contribution is -2.35. The van der Waals surface area contributed by atoms with E-state index in [0.29, 0.717) is 0 Å². The van der Waals surface area contributed by atoms with E-state index in [1.807, 2.05) is 13.8 Å². The number of carbonyl (C=O) groups is 1. The molecule has 0 bridgehead atoms. The van der Waals surface area contributed by atoms with Gasteiger partial charge in [0.2, 0.25) is 0 Å². The maximum absolute atomic E-state index is 11.7. The number of hydrogen-bond donors (Lipinski definition) is 0. The first-order valence-electron chi connectivity index (χ1n) is 5.27. The molecular weight excluding hydrogens is 176 g/mol. The van der Waals surface area contributed by atoms with Crippen LogP contribution in [0.4, 0.5) is 0 Å². The Kier molecular flexibility index (Phi) is 5.51. The molecule has 0 heterocycles. The lowest BCUT2D eigenvalue weighted by molar-refractivity contribution is -0.152. The maximum Gasteiger partial charge on any atom is 0.315 e. The van der Waals surface area contributed by atoms with Crippen molar-refractivity contribution in [2.75, 3.05) is 7.11 Å². The molecule has 0 fully saturated rings. The fourth-order valence-electron chi connectivity index (χ4n) is 1.71. The number of carbonyl (C=O) groups excluding carboxylic acids is 1. The van der Waals surface area contributed by atoms with Crippen molar-refractivity contribution < 1.29 is 9.53 Å². The Balaban J connectivity index is 4.78. The largest absolute Gasteiger partial charge is 0.468 e. The van der Waals surface area contributed by atoms with E-state index in [4.69, 9.17) is 4.74 Å². The summed E-state index contributed by atoms with van der Waals surface area (Å²) in [6.45, 7) is 9.96. The second-order valence-electron chi connectivity index (χ2n) is 3.99. The van der Waals surface area contributed by atoms with Crippen molar-refractivity contribution in [2.45, 2.75) is 40.0 Å². The number of unbranched alkanes of at least 4 members (excludes halogenated alkanes) is 1. The molecular formula is C12H22O2. The third-order valence-electron chi connectivity index (χ3n) is 2.90. The molecule has 14 heavy (non-hydrogen) atoms. The summed E-state index contributed by atoms with van der Waals surface area (Å²) in [5.74, 6) is 0.0787. The van der Waals surface area contributed by atoms with Crippen LogP contribution < -0.4 is 0 Å². The molecule has 82 valence electrons. The molecule has 0 saturated heterocycles. The lowest BCUT2D eigenvalue weighted by atomic mass is 9.73. The van der Waals surface area contributed by atoms with Crippen LogP contribution in [0.5, 0.6) is 0 Å². The molecule has 0 rings (SSSR count). The van der Waals surface area contributed by atoms with Crippen molar-refractivity contribution in [3.05, 3.63) is 12.7 Å². The van der Waals surface area contributed by atoms with Crippen LogP contribution in [-0.2, 0) is 9.53 Å². The summed E-state index contributed by atoms with van der Waals surface area (Å²) in [4.78, 5) is 11.7. The van der Waals surface area contributed by atoms with Crippen LogP contribution in [0.1, 0.15) is 40.0 Å². The molecule has 0 spiro atoms. The average molecular weight is 198 g/mol. The van der Waals surface area contributed by atoms with E-state index >= 15 is 0 Å². The zero-order valence-electron chi connectivity index (χ0n) is 9.80. The minimum absolute atomic E-state index is 0.157. The molecule has 2 nitrogen and oxygen atoms in total. The fourth-order valence-corrected chi connectivity index (χ4v) is 1.71. The van der Waals surface area contributed by atoms with Gasteiger partial charge in [0.1, 0.15) is 0 Å². The molecule has 2 heteroatoms. The van der Waals surface area contributed by atoms with Gasteiger partial charge in [-0.15, -0.1) is 6.58 Å². The Morgan fingerprint density at radius 3 is 2.43 bits per heavy atom. The van der Waals surface area contributed by atoms with Crippen LogP contribution in [0, 0.1) is 11.3 Å². The van der Waals surface area contributed by atoms with Crippen molar-refractivity contribution in [3.8, 4) is 0 Å². The summed E-state index contributed by atoms with van der Waals surface area (Å²) in [7, 11) is 1.44. The molecule has 0 saturated carbocycles. The normalized spacial score (nSPS) is 14.9. The van der Waals surface area contributed by atoms with E-state index < -0.39 is 5.41 Å². The van der Waals surface area contributed by atoms with E-state index in [0.717, 1.165) is 19.3 Å². The number of esters is 1. The van der Waals surface area contributed by atoms with E-state index in [2.05, 4.69) is 13.5 Å². The first-order valence-corrected chi connectivity index (χ1v) is 5.27. The molecule has 0 aliphatic heterocycles. The van der Waals surface area contributed by atoms with Crippen LogP contribution in [0.15, 0.2) is 12.7 Å². The summed E-state index contributed by atoms with van der Waals surface area (Å²) in [5.41, 5.74) is -0.495. The van der Waals surface area contributed by atoms with Crippen LogP contribution in [0.25, 0.3) is 0 Å². The predicted octanol–water partition coefficient (Wildman–Crippen LogP) is 3.18. The van der Waals surface area contributed by atoms with Gasteiger partial charge in [-0.05, 0) is 12.3 Å². The second kappa shape index (κ2) is 5.84. The highest BCUT2D eigenvalue weighted by Crippen LogP contribution is 2.35. The van der Waals surface area contributed by atoms with Crippen LogP contribution >= 0.6 is 0 Å². The molecule has 0 aromatic heterocycles. The molecule has 0 aromatic carbocycles. The summed E-state index contributed by atoms with van der Waals surface area (Å²) in [5, 5.41) is 0. The minimum atomic E-state index is -0.495. The standard InChI is InChI=1S/C12H22O2/c1-6-8-9-12(7-2,10(3)4)11(13)14-5/h7,10H,2,6,8-9H2,1,3-5H3/t12-/m0/s1. The monoisotopic (exact) mass is 198 g/mol. The van der Waals surface area contributed by atoms with E-state index in [9.17, 15) is 4.79 Å². The highest BCUT2D eigenvalue weighted by Gasteiger charge is 2.38. The van der Waals surface area contributed by atoms with Gasteiger partial charge in [-0.25, -0.2) is 0 Å². The summed E-state index contributed by atoms with van der Waals surface area (Å²) < 4.78 is 4.85. The molecule has 0 aliphatic carbocycles. The zero-order chi connectivity index (χ0) is 11.2. The highest BCUT2D eigenvalue weighted by atomic mass is 16.5. The number of hydrogen-bond acceptors (Lipinski definition) is 2. The van der Waals surface area contributed by atoms with Gasteiger partial charge in [-0.2, -0.15) is 0 Å².